The van der Waals surface area contributed by atoms with Gasteiger partial charge in [0.15, 0.2) is 18.7 Å². The molecule has 2 aromatic rings. The number of hydrogen-bond acceptors (Lipinski definition) is 18. The Labute approximate surface area is 413 Å². The minimum absolute atomic E-state index is 0.0174. The van der Waals surface area contributed by atoms with Crippen LogP contribution in [0.1, 0.15) is 105 Å². The van der Waals surface area contributed by atoms with E-state index in [1.54, 1.807) is 59.8 Å². The van der Waals surface area contributed by atoms with Crippen LogP contribution in [0.15, 0.2) is 42.6 Å². The van der Waals surface area contributed by atoms with Gasteiger partial charge in [0, 0.05) is 57.3 Å². The Balaban J connectivity index is 1.45. The zero-order valence-corrected chi connectivity index (χ0v) is 42.7. The quantitative estimate of drug-likeness (QED) is 0.126. The molecule has 3 aliphatic heterocycles. The number of cyclic esters (lactones) is 1. The van der Waals surface area contributed by atoms with Crippen molar-refractivity contribution in [2.75, 3.05) is 41.3 Å². The number of esters is 3. The van der Waals surface area contributed by atoms with E-state index in [9.17, 15) is 34.5 Å². The molecule has 18 heteroatoms. The van der Waals surface area contributed by atoms with Crippen molar-refractivity contribution in [2.24, 2.45) is 11.8 Å². The standard InChI is InChI=1S/C52H79N3O15/c1-11-41(58)67-40-28-43(60)66-36(18-15-17-34-22-24-53-38-21-14-13-20-37(34)38)19-16-25-55(9)30-39(57)31(3)27-35(23-26-56)48(49(40)63-10)70-51-46(61)45(54(7)8)47(32(4)65-51)69-44-29-52(6,62)50(33(5)64-44)68-42(59)12-2/h13-15,17,20-22,24,26,31-33,35-36,39-40,44-51,57,61-62H,11-12,16,18-19,23,25,27-30H2,1-10H3/t31-,32?,33?,35+,36+,39+,40-,44+,45?,46?,47-,48+,49+,50+,51+,52?/m1/s1. The molecule has 3 N–H and O–H groups in total. The molecule has 0 aliphatic carbocycles. The third-order valence-corrected chi connectivity index (χ3v) is 13.8. The van der Waals surface area contributed by atoms with Gasteiger partial charge in [0.1, 0.15) is 42.4 Å². The number of ether oxygens (including phenoxy) is 8. The lowest BCUT2D eigenvalue weighted by Gasteiger charge is -2.50. The smallest absolute Gasteiger partial charge is 0.309 e. The Bertz CT molecular complexity index is 2010. The number of aromatic nitrogens is 1. The molecule has 0 bridgehead atoms. The molecular weight excluding hydrogens is 907 g/mol. The highest BCUT2D eigenvalue weighted by Gasteiger charge is 2.53. The first kappa shape index (κ1) is 57.0. The lowest BCUT2D eigenvalue weighted by atomic mass is 9.82. The average molecular weight is 986 g/mol. The molecular formula is C52H79N3O15. The Morgan fingerprint density at radius 3 is 2.36 bits per heavy atom. The molecule has 1 aromatic heterocycles. The van der Waals surface area contributed by atoms with Crippen molar-refractivity contribution >= 4 is 41.2 Å². The first-order valence-electron chi connectivity index (χ1n) is 24.9. The molecule has 392 valence electrons. The number of para-hydroxylation sites is 1. The number of aliphatic hydroxyl groups is 3. The van der Waals surface area contributed by atoms with Crippen molar-refractivity contribution in [2.45, 2.75) is 185 Å². The van der Waals surface area contributed by atoms with E-state index in [1.165, 1.54) is 7.11 Å². The zero-order chi connectivity index (χ0) is 51.3. The number of β-amino-alcohol motifs (C(OH)–C–C–N with tert-alkyl or cyclic N) is 1. The molecule has 0 amide bonds. The van der Waals surface area contributed by atoms with Crippen LogP contribution in [0, 0.1) is 11.8 Å². The van der Waals surface area contributed by atoms with Crippen LogP contribution >= 0.6 is 0 Å². The van der Waals surface area contributed by atoms with Crippen molar-refractivity contribution in [3.8, 4) is 0 Å². The van der Waals surface area contributed by atoms with Crippen molar-refractivity contribution in [1.29, 1.82) is 0 Å². The summed E-state index contributed by atoms with van der Waals surface area (Å²) in [6.07, 6.45) is -4.30. The van der Waals surface area contributed by atoms with Gasteiger partial charge in [0.2, 0.25) is 0 Å². The molecule has 18 nitrogen and oxygen atoms in total. The number of aliphatic hydroxyl groups excluding tert-OH is 2. The molecule has 0 saturated carbocycles. The van der Waals surface area contributed by atoms with Crippen molar-refractivity contribution in [3.05, 3.63) is 48.2 Å². The monoisotopic (exact) mass is 986 g/mol. The highest BCUT2D eigenvalue weighted by Crippen LogP contribution is 2.38. The van der Waals surface area contributed by atoms with Gasteiger partial charge in [-0.15, -0.1) is 0 Å². The molecule has 1 aromatic carbocycles. The van der Waals surface area contributed by atoms with Crippen LogP contribution in [0.25, 0.3) is 17.0 Å². The number of likely N-dealkylation sites (N-methyl/N-ethyl adjacent to an activating group) is 2. The number of fused-ring (bicyclic) bond motifs is 1. The van der Waals surface area contributed by atoms with Crippen LogP contribution in [0.5, 0.6) is 0 Å². The van der Waals surface area contributed by atoms with E-state index < -0.39 is 116 Å². The Morgan fingerprint density at radius 2 is 1.69 bits per heavy atom. The molecule has 5 unspecified atom stereocenters. The summed E-state index contributed by atoms with van der Waals surface area (Å²) in [4.78, 5) is 60.4. The van der Waals surface area contributed by atoms with Crippen LogP contribution in [-0.4, -0.2) is 181 Å². The third-order valence-electron chi connectivity index (χ3n) is 13.8. The number of rotatable bonds is 15. The second kappa shape index (κ2) is 26.7. The van der Waals surface area contributed by atoms with E-state index in [0.717, 1.165) is 22.8 Å². The summed E-state index contributed by atoms with van der Waals surface area (Å²) in [7, 11) is 6.83. The second-order valence-corrected chi connectivity index (χ2v) is 19.8. The summed E-state index contributed by atoms with van der Waals surface area (Å²) in [5, 5.41) is 36.3. The van der Waals surface area contributed by atoms with Gasteiger partial charge in [-0.05, 0) is 97.3 Å². The van der Waals surface area contributed by atoms with E-state index in [2.05, 4.69) is 4.98 Å². The number of hydrogen-bond donors (Lipinski definition) is 3. The fraction of sp³-hybridized carbons (Fsp3) is 0.712. The van der Waals surface area contributed by atoms with Crippen molar-refractivity contribution < 1.29 is 72.4 Å². The van der Waals surface area contributed by atoms with E-state index in [1.807, 2.05) is 61.4 Å². The Kier molecular flexibility index (Phi) is 21.7. The maximum atomic E-state index is 14.2. The largest absolute Gasteiger partial charge is 0.462 e. The van der Waals surface area contributed by atoms with Crippen LogP contribution < -0.4 is 0 Å². The minimum atomic E-state index is -1.50. The van der Waals surface area contributed by atoms with Gasteiger partial charge < -0.3 is 67.8 Å². The average Bonchev–Trinajstić information content (AvgIpc) is 3.30. The third kappa shape index (κ3) is 15.3. The van der Waals surface area contributed by atoms with Gasteiger partial charge in [-0.2, -0.15) is 0 Å². The molecule has 16 atom stereocenters. The normalized spacial score (nSPS) is 35.6. The van der Waals surface area contributed by atoms with Crippen LogP contribution in [-0.2, 0) is 57.1 Å². The Hall–Kier alpha value is -3.95. The van der Waals surface area contributed by atoms with E-state index >= 15 is 0 Å². The fourth-order valence-corrected chi connectivity index (χ4v) is 10.0. The van der Waals surface area contributed by atoms with Gasteiger partial charge in [-0.3, -0.25) is 19.4 Å². The number of carbonyl (C=O) groups is 4. The number of carbonyl (C=O) groups excluding carboxylic acids is 4. The maximum absolute atomic E-state index is 14.2. The predicted molar refractivity (Wildman–Crippen MR) is 259 cm³/mol. The number of aldehydes is 1. The number of methoxy groups -OCH3 is 1. The van der Waals surface area contributed by atoms with E-state index in [4.69, 9.17) is 37.9 Å². The molecule has 0 spiro atoms. The lowest BCUT2D eigenvalue weighted by molar-refractivity contribution is -0.344. The second-order valence-electron chi connectivity index (χ2n) is 19.8. The van der Waals surface area contributed by atoms with Crippen molar-refractivity contribution in [3.63, 3.8) is 0 Å². The summed E-state index contributed by atoms with van der Waals surface area (Å²) in [5.74, 6) is -2.81. The van der Waals surface area contributed by atoms with E-state index in [-0.39, 0.29) is 38.0 Å². The van der Waals surface area contributed by atoms with Crippen LogP contribution in [0.4, 0.5) is 0 Å². The van der Waals surface area contributed by atoms with Gasteiger partial charge in [-0.25, -0.2) is 0 Å². The summed E-state index contributed by atoms with van der Waals surface area (Å²) >= 11 is 0. The fourth-order valence-electron chi connectivity index (χ4n) is 10.0. The highest BCUT2D eigenvalue weighted by atomic mass is 16.7. The van der Waals surface area contributed by atoms with Crippen LogP contribution in [0.2, 0.25) is 0 Å². The van der Waals surface area contributed by atoms with Gasteiger partial charge in [0.05, 0.1) is 42.4 Å². The van der Waals surface area contributed by atoms with Crippen molar-refractivity contribution in [1.82, 2.24) is 14.8 Å². The highest BCUT2D eigenvalue weighted by molar-refractivity contribution is 5.87. The molecule has 70 heavy (non-hydrogen) atoms. The summed E-state index contributed by atoms with van der Waals surface area (Å²) in [5.41, 5.74) is 0.319. The minimum Gasteiger partial charge on any atom is -0.462 e. The first-order chi connectivity index (χ1) is 33.3. The summed E-state index contributed by atoms with van der Waals surface area (Å²) in [6.45, 7) is 11.1. The van der Waals surface area contributed by atoms with Crippen LogP contribution in [0.3, 0.4) is 0 Å². The molecule has 3 aliphatic rings. The predicted octanol–water partition coefficient (Wildman–Crippen LogP) is 4.61. The molecule has 0 radical (unpaired) electrons. The topological polar surface area (TPSA) is 222 Å². The van der Waals surface area contributed by atoms with Gasteiger partial charge in [0.25, 0.3) is 0 Å². The number of nitrogens with zero attached hydrogens (tertiary/aromatic N) is 3. The molecule has 5 rings (SSSR count). The molecule has 4 heterocycles. The van der Waals surface area contributed by atoms with E-state index in [0.29, 0.717) is 32.4 Å². The van der Waals surface area contributed by atoms with Gasteiger partial charge in [-0.1, -0.05) is 51.1 Å². The summed E-state index contributed by atoms with van der Waals surface area (Å²) in [6, 6.07) is 8.96. The molecule has 3 fully saturated rings. The van der Waals surface area contributed by atoms with Gasteiger partial charge >= 0.3 is 17.9 Å². The summed E-state index contributed by atoms with van der Waals surface area (Å²) < 4.78 is 49.9. The zero-order valence-electron chi connectivity index (χ0n) is 42.7. The SMILES string of the molecule is CCC(=O)O[C@@H]1CC(=O)O[C@@H](CC=Cc2ccnc3ccccc23)CCCN(C)C[C@H](O)[C@H](C)C[C@H](CC=O)[C@H](O[C@@H]2OC(C)[C@@H](O[C@H]3CC(C)(O)[C@@H](OC(=O)CC)C(C)O3)C(N(C)C)C2O)[C@H]1OC. The molecule has 3 saturated heterocycles. The number of pyridine rings is 1. The number of benzene rings is 1. The Morgan fingerprint density at radius 1 is 0.971 bits per heavy atom. The first-order valence-corrected chi connectivity index (χ1v) is 24.9. The maximum Gasteiger partial charge on any atom is 0.309 e. The lowest BCUT2D eigenvalue weighted by Crippen LogP contribution is -2.66.